The lowest BCUT2D eigenvalue weighted by atomic mass is 10.0. The normalized spacial score (nSPS) is 14.3. The molecule has 0 radical (unpaired) electrons. The first-order valence-electron chi connectivity index (χ1n) is 4.94. The number of rotatable bonds is 3. The SMILES string of the molecule is CNCC=Cc1cccc2c1C(=O)OC2=O. The van der Waals surface area contributed by atoms with Crippen LogP contribution >= 0.6 is 0 Å². The van der Waals surface area contributed by atoms with E-state index in [9.17, 15) is 9.59 Å². The maximum absolute atomic E-state index is 11.4. The van der Waals surface area contributed by atoms with Gasteiger partial charge >= 0.3 is 11.9 Å². The van der Waals surface area contributed by atoms with Gasteiger partial charge < -0.3 is 10.1 Å². The number of likely N-dealkylation sites (N-methyl/N-ethyl adjacent to an activating group) is 1. The van der Waals surface area contributed by atoms with Crippen molar-refractivity contribution >= 4 is 18.0 Å². The average Bonchev–Trinajstić information content (AvgIpc) is 2.56. The van der Waals surface area contributed by atoms with Crippen molar-refractivity contribution in [2.24, 2.45) is 0 Å². The zero-order valence-electron chi connectivity index (χ0n) is 8.82. The van der Waals surface area contributed by atoms with E-state index in [-0.39, 0.29) is 0 Å². The molecule has 4 heteroatoms. The van der Waals surface area contributed by atoms with Crippen molar-refractivity contribution in [3.8, 4) is 0 Å². The second-order valence-electron chi connectivity index (χ2n) is 3.41. The van der Waals surface area contributed by atoms with E-state index in [0.717, 1.165) is 0 Å². The van der Waals surface area contributed by atoms with Crippen LogP contribution in [0.25, 0.3) is 6.08 Å². The van der Waals surface area contributed by atoms with E-state index < -0.39 is 11.9 Å². The van der Waals surface area contributed by atoms with Crippen LogP contribution in [0.3, 0.4) is 0 Å². The molecule has 82 valence electrons. The van der Waals surface area contributed by atoms with Gasteiger partial charge in [-0.3, -0.25) is 0 Å². The first-order chi connectivity index (χ1) is 7.74. The highest BCUT2D eigenvalue weighted by molar-refractivity contribution is 6.16. The molecule has 16 heavy (non-hydrogen) atoms. The van der Waals surface area contributed by atoms with Gasteiger partial charge in [0.2, 0.25) is 0 Å². The molecular weight excluding hydrogens is 206 g/mol. The Bertz CT molecular complexity index is 477. The summed E-state index contributed by atoms with van der Waals surface area (Å²) < 4.78 is 4.55. The van der Waals surface area contributed by atoms with Crippen LogP contribution in [0.2, 0.25) is 0 Å². The molecular formula is C12H11NO3. The number of benzene rings is 1. The molecule has 0 atom stereocenters. The number of esters is 2. The smallest absolute Gasteiger partial charge is 0.347 e. The molecule has 1 N–H and O–H groups in total. The van der Waals surface area contributed by atoms with Gasteiger partial charge in [-0.15, -0.1) is 0 Å². The van der Waals surface area contributed by atoms with Gasteiger partial charge in [-0.1, -0.05) is 24.3 Å². The lowest BCUT2D eigenvalue weighted by molar-refractivity contribution is 0.0444. The Balaban J connectivity index is 2.41. The number of hydrogen-bond acceptors (Lipinski definition) is 4. The van der Waals surface area contributed by atoms with E-state index >= 15 is 0 Å². The predicted octanol–water partition coefficient (Wildman–Crippen LogP) is 1.23. The third-order valence-electron chi connectivity index (χ3n) is 2.33. The van der Waals surface area contributed by atoms with Gasteiger partial charge in [-0.05, 0) is 18.7 Å². The fraction of sp³-hybridized carbons (Fsp3) is 0.167. The summed E-state index contributed by atoms with van der Waals surface area (Å²) in [6.45, 7) is 0.701. The van der Waals surface area contributed by atoms with Gasteiger partial charge in [0.15, 0.2) is 0 Å². The Kier molecular flexibility index (Phi) is 2.83. The summed E-state index contributed by atoms with van der Waals surface area (Å²) in [5.74, 6) is -1.13. The Labute approximate surface area is 92.9 Å². The van der Waals surface area contributed by atoms with Crippen LogP contribution in [-0.4, -0.2) is 25.5 Å². The number of ether oxygens (including phenoxy) is 1. The van der Waals surface area contributed by atoms with Gasteiger partial charge in [0.25, 0.3) is 0 Å². The zero-order valence-corrected chi connectivity index (χ0v) is 8.82. The quantitative estimate of drug-likeness (QED) is 0.611. The Morgan fingerprint density at radius 3 is 2.88 bits per heavy atom. The summed E-state index contributed by atoms with van der Waals surface area (Å²) in [7, 11) is 1.83. The van der Waals surface area contributed by atoms with Crippen molar-refractivity contribution < 1.29 is 14.3 Å². The summed E-state index contributed by atoms with van der Waals surface area (Å²) in [5, 5.41) is 2.96. The molecule has 1 aliphatic heterocycles. The lowest BCUT2D eigenvalue weighted by Crippen LogP contribution is -2.04. The number of carbonyl (C=O) groups excluding carboxylic acids is 2. The lowest BCUT2D eigenvalue weighted by Gasteiger charge is -1.98. The topological polar surface area (TPSA) is 55.4 Å². The minimum absolute atomic E-state index is 0.344. The third kappa shape index (κ3) is 1.75. The first-order valence-corrected chi connectivity index (χ1v) is 4.94. The molecule has 0 aromatic heterocycles. The van der Waals surface area contributed by atoms with Gasteiger partial charge in [0.05, 0.1) is 11.1 Å². The largest absolute Gasteiger partial charge is 0.386 e. The molecule has 2 rings (SSSR count). The van der Waals surface area contributed by atoms with Crippen LogP contribution in [0.4, 0.5) is 0 Å². The highest BCUT2D eigenvalue weighted by atomic mass is 16.6. The second-order valence-corrected chi connectivity index (χ2v) is 3.41. The van der Waals surface area contributed by atoms with Crippen LogP contribution in [0.5, 0.6) is 0 Å². The van der Waals surface area contributed by atoms with Crippen molar-refractivity contribution in [1.82, 2.24) is 5.32 Å². The van der Waals surface area contributed by atoms with Gasteiger partial charge in [0.1, 0.15) is 0 Å². The number of carbonyl (C=O) groups is 2. The van der Waals surface area contributed by atoms with E-state index in [4.69, 9.17) is 0 Å². The summed E-state index contributed by atoms with van der Waals surface area (Å²) >= 11 is 0. The molecule has 1 heterocycles. The Morgan fingerprint density at radius 2 is 2.12 bits per heavy atom. The third-order valence-corrected chi connectivity index (χ3v) is 2.33. The molecule has 0 saturated heterocycles. The maximum atomic E-state index is 11.4. The number of fused-ring (bicyclic) bond motifs is 1. The number of nitrogens with one attached hydrogen (secondary N) is 1. The molecule has 1 aromatic rings. The first kappa shape index (κ1) is 10.6. The molecule has 4 nitrogen and oxygen atoms in total. The van der Waals surface area contributed by atoms with Crippen LogP contribution in [0.15, 0.2) is 24.3 Å². The molecule has 0 bridgehead atoms. The Hall–Kier alpha value is -1.94. The Morgan fingerprint density at radius 1 is 1.31 bits per heavy atom. The van der Waals surface area contributed by atoms with Crippen molar-refractivity contribution in [3.63, 3.8) is 0 Å². The highest BCUT2D eigenvalue weighted by Gasteiger charge is 2.31. The molecule has 0 amide bonds. The fourth-order valence-electron chi connectivity index (χ4n) is 1.60. The molecule has 1 aromatic carbocycles. The minimum atomic E-state index is -0.566. The van der Waals surface area contributed by atoms with E-state index in [2.05, 4.69) is 10.1 Å². The fourth-order valence-corrected chi connectivity index (χ4v) is 1.60. The zero-order chi connectivity index (χ0) is 11.5. The van der Waals surface area contributed by atoms with E-state index in [1.807, 2.05) is 13.1 Å². The second kappa shape index (κ2) is 4.28. The standard InChI is InChI=1S/C12H11NO3/c1-13-7-3-5-8-4-2-6-9-10(8)12(15)16-11(9)14/h2-6,13H,7H2,1H3. The molecule has 0 saturated carbocycles. The van der Waals surface area contributed by atoms with E-state index in [0.29, 0.717) is 23.2 Å². The van der Waals surface area contributed by atoms with Gasteiger partial charge in [0, 0.05) is 6.54 Å². The number of cyclic esters (lactones) is 2. The summed E-state index contributed by atoms with van der Waals surface area (Å²) in [4.78, 5) is 22.7. The molecule has 0 fully saturated rings. The molecule has 0 unspecified atom stereocenters. The highest BCUT2D eigenvalue weighted by Crippen LogP contribution is 2.24. The monoisotopic (exact) mass is 217 g/mol. The average molecular weight is 217 g/mol. The summed E-state index contributed by atoms with van der Waals surface area (Å²) in [5.41, 5.74) is 1.42. The molecule has 0 aliphatic carbocycles. The van der Waals surface area contributed by atoms with Crippen LogP contribution in [0.1, 0.15) is 26.3 Å². The van der Waals surface area contributed by atoms with Gasteiger partial charge in [-0.25, -0.2) is 9.59 Å². The minimum Gasteiger partial charge on any atom is -0.386 e. The van der Waals surface area contributed by atoms with E-state index in [1.54, 1.807) is 24.3 Å². The van der Waals surface area contributed by atoms with Crippen molar-refractivity contribution in [2.75, 3.05) is 13.6 Å². The van der Waals surface area contributed by atoms with Crippen molar-refractivity contribution in [1.29, 1.82) is 0 Å². The maximum Gasteiger partial charge on any atom is 0.347 e. The molecule has 1 aliphatic rings. The molecule has 0 spiro atoms. The predicted molar refractivity (Wildman–Crippen MR) is 59.1 cm³/mol. The van der Waals surface area contributed by atoms with Crippen LogP contribution in [0, 0.1) is 0 Å². The van der Waals surface area contributed by atoms with Crippen molar-refractivity contribution in [3.05, 3.63) is 41.0 Å². The van der Waals surface area contributed by atoms with Crippen LogP contribution in [-0.2, 0) is 4.74 Å². The van der Waals surface area contributed by atoms with E-state index in [1.165, 1.54) is 0 Å². The number of hydrogen-bond donors (Lipinski definition) is 1. The summed E-state index contributed by atoms with van der Waals surface area (Å²) in [6.07, 6.45) is 3.68. The summed E-state index contributed by atoms with van der Waals surface area (Å²) in [6, 6.07) is 5.11. The van der Waals surface area contributed by atoms with Crippen LogP contribution < -0.4 is 5.32 Å². The van der Waals surface area contributed by atoms with Gasteiger partial charge in [-0.2, -0.15) is 0 Å². The van der Waals surface area contributed by atoms with Crippen molar-refractivity contribution in [2.45, 2.75) is 0 Å².